The molecule has 0 fully saturated rings. The summed E-state index contributed by atoms with van der Waals surface area (Å²) in [5, 5.41) is 2.80. The first kappa shape index (κ1) is 32.5. The molecule has 0 bridgehead atoms. The lowest BCUT2D eigenvalue weighted by molar-refractivity contribution is -0.0444. The maximum absolute atomic E-state index is 12.9. The van der Waals surface area contributed by atoms with Gasteiger partial charge in [0.15, 0.2) is 0 Å². The van der Waals surface area contributed by atoms with Gasteiger partial charge in [-0.3, -0.25) is 0 Å². The predicted molar refractivity (Wildman–Crippen MR) is 134 cm³/mol. The molecule has 0 unspecified atom stereocenters. The van der Waals surface area contributed by atoms with E-state index in [-0.39, 0.29) is 12.1 Å². The lowest BCUT2D eigenvalue weighted by Crippen LogP contribution is -2.47. The molecule has 0 saturated carbocycles. The quantitative estimate of drug-likeness (QED) is 0.163. The number of unbranched alkanes of at least 4 members (excludes halogenated alkanes) is 6. The summed E-state index contributed by atoms with van der Waals surface area (Å²) in [6, 6.07) is -0.479. The Morgan fingerprint density at radius 1 is 0.829 bits per heavy atom. The molecule has 3 amide bonds. The Morgan fingerprint density at radius 2 is 1.37 bits per heavy atom. The fraction of sp³-hybridized carbons (Fsp3) is 0.840. The number of isocyanates is 2. The normalized spacial score (nSPS) is 11.2. The van der Waals surface area contributed by atoms with Crippen LogP contribution in [0.4, 0.5) is 9.59 Å². The second-order valence-corrected chi connectivity index (χ2v) is 10.00. The van der Waals surface area contributed by atoms with Gasteiger partial charge in [-0.15, -0.1) is 0 Å². The van der Waals surface area contributed by atoms with E-state index in [1.165, 1.54) is 12.2 Å². The van der Waals surface area contributed by atoms with Crippen LogP contribution in [0.25, 0.3) is 0 Å². The molecule has 0 aliphatic carbocycles. The third kappa shape index (κ3) is 19.5. The van der Waals surface area contributed by atoms with Gasteiger partial charge in [-0.05, 0) is 60.3 Å². The molecular formula is C25H44N4O6. The van der Waals surface area contributed by atoms with E-state index in [1.807, 2.05) is 20.8 Å². The molecule has 0 rings (SSSR count). The van der Waals surface area contributed by atoms with E-state index in [1.54, 1.807) is 13.8 Å². The number of nitrogens with one attached hydrogen (secondary N) is 1. The number of aliphatic imine (C=N–C) groups is 2. The number of rotatable bonds is 18. The molecular weight excluding hydrogens is 452 g/mol. The zero-order valence-corrected chi connectivity index (χ0v) is 22.2. The van der Waals surface area contributed by atoms with Crippen molar-refractivity contribution in [2.45, 2.75) is 104 Å². The van der Waals surface area contributed by atoms with Gasteiger partial charge in [-0.2, -0.15) is 0 Å². The minimum atomic E-state index is -0.794. The zero-order chi connectivity index (χ0) is 26.6. The van der Waals surface area contributed by atoms with Crippen molar-refractivity contribution in [3.05, 3.63) is 0 Å². The largest absolute Gasteiger partial charge is 0.443 e. The Hall–Kier alpha value is -2.54. The van der Waals surface area contributed by atoms with E-state index in [2.05, 4.69) is 15.3 Å². The SMILES string of the molecule is CC(C)(C)OCCC(C)(C)OC(=O)N(CCCCCCN=C=O)C(=O)NCCCCCCN=C=O. The van der Waals surface area contributed by atoms with Gasteiger partial charge in [0.25, 0.3) is 0 Å². The molecule has 0 saturated heterocycles. The third-order valence-corrected chi connectivity index (χ3v) is 5.07. The molecule has 0 aliphatic rings. The maximum atomic E-state index is 12.9. The van der Waals surface area contributed by atoms with Crippen LogP contribution >= 0.6 is 0 Å². The molecule has 0 aromatic carbocycles. The number of hydrogen-bond acceptors (Lipinski definition) is 8. The van der Waals surface area contributed by atoms with Gasteiger partial charge < -0.3 is 14.8 Å². The minimum Gasteiger partial charge on any atom is -0.443 e. The van der Waals surface area contributed by atoms with Crippen LogP contribution in [0.1, 0.15) is 92.4 Å². The fourth-order valence-corrected chi connectivity index (χ4v) is 3.09. The second kappa shape index (κ2) is 18.7. The molecule has 0 aromatic rings. The Kier molecular flexibility index (Phi) is 17.4. The number of carbonyl (C=O) groups excluding carboxylic acids is 4. The number of carbonyl (C=O) groups is 2. The topological polar surface area (TPSA) is 127 Å². The van der Waals surface area contributed by atoms with Crippen LogP contribution in [-0.4, -0.2) is 73.2 Å². The molecule has 0 heterocycles. The molecule has 1 N–H and O–H groups in total. The monoisotopic (exact) mass is 496 g/mol. The highest BCUT2D eigenvalue weighted by Gasteiger charge is 2.30. The lowest BCUT2D eigenvalue weighted by atomic mass is 10.1. The van der Waals surface area contributed by atoms with Crippen LogP contribution in [0, 0.1) is 0 Å². The molecule has 0 aromatic heterocycles. The highest BCUT2D eigenvalue weighted by molar-refractivity contribution is 5.91. The van der Waals surface area contributed by atoms with Crippen LogP contribution < -0.4 is 5.32 Å². The molecule has 200 valence electrons. The van der Waals surface area contributed by atoms with Crippen LogP contribution in [-0.2, 0) is 19.1 Å². The van der Waals surface area contributed by atoms with E-state index >= 15 is 0 Å². The van der Waals surface area contributed by atoms with Crippen molar-refractivity contribution < 1.29 is 28.7 Å². The fourth-order valence-electron chi connectivity index (χ4n) is 3.09. The summed E-state index contributed by atoms with van der Waals surface area (Å²) in [4.78, 5) is 54.0. The number of ether oxygens (including phenoxy) is 2. The van der Waals surface area contributed by atoms with E-state index in [4.69, 9.17) is 9.47 Å². The van der Waals surface area contributed by atoms with Crippen molar-refractivity contribution in [1.29, 1.82) is 0 Å². The first-order valence-corrected chi connectivity index (χ1v) is 12.5. The number of nitrogens with zero attached hydrogens (tertiary/aromatic N) is 3. The van der Waals surface area contributed by atoms with Gasteiger partial charge >= 0.3 is 12.1 Å². The Morgan fingerprint density at radius 3 is 1.91 bits per heavy atom. The molecule has 0 atom stereocenters. The van der Waals surface area contributed by atoms with E-state index in [9.17, 15) is 19.2 Å². The highest BCUT2D eigenvalue weighted by atomic mass is 16.6. The molecule has 0 radical (unpaired) electrons. The summed E-state index contributed by atoms with van der Waals surface area (Å²) < 4.78 is 11.4. The van der Waals surface area contributed by atoms with E-state index < -0.39 is 17.7 Å². The van der Waals surface area contributed by atoms with Gasteiger partial charge in [0, 0.05) is 19.5 Å². The van der Waals surface area contributed by atoms with E-state index in [0.29, 0.717) is 39.1 Å². The van der Waals surface area contributed by atoms with Crippen molar-refractivity contribution in [3.63, 3.8) is 0 Å². The number of hydrogen-bond donors (Lipinski definition) is 1. The van der Waals surface area contributed by atoms with Gasteiger partial charge in [0.2, 0.25) is 12.2 Å². The van der Waals surface area contributed by atoms with Gasteiger partial charge in [0.05, 0.1) is 25.3 Å². The van der Waals surface area contributed by atoms with Crippen molar-refractivity contribution in [2.75, 3.05) is 32.8 Å². The first-order valence-electron chi connectivity index (χ1n) is 12.5. The van der Waals surface area contributed by atoms with Crippen molar-refractivity contribution >= 4 is 24.3 Å². The molecule has 0 spiro atoms. The summed E-state index contributed by atoms with van der Waals surface area (Å²) >= 11 is 0. The van der Waals surface area contributed by atoms with Crippen LogP contribution in [0.3, 0.4) is 0 Å². The average molecular weight is 497 g/mol. The van der Waals surface area contributed by atoms with Gasteiger partial charge in [-0.25, -0.2) is 34.1 Å². The second-order valence-electron chi connectivity index (χ2n) is 10.00. The Labute approximate surface area is 209 Å². The standard InChI is InChI=1S/C25H44N4O6/c1-24(2,3)34-19-14-25(4,5)35-23(33)29(18-13-9-8-11-16-27-21-31)22(32)28-17-12-7-6-10-15-26-20-30/h6-19H2,1-5H3,(H,28,32). The summed E-state index contributed by atoms with van der Waals surface area (Å²) in [6.07, 6.45) is 9.18. The predicted octanol–water partition coefficient (Wildman–Crippen LogP) is 4.91. The Bertz CT molecular complexity index is 707. The average Bonchev–Trinajstić information content (AvgIpc) is 2.75. The highest BCUT2D eigenvalue weighted by Crippen LogP contribution is 2.19. The summed E-state index contributed by atoms with van der Waals surface area (Å²) in [5.41, 5.74) is -1.08. The molecule has 0 aliphatic heterocycles. The first-order chi connectivity index (χ1) is 16.5. The van der Waals surface area contributed by atoms with Crippen LogP contribution in [0.5, 0.6) is 0 Å². The molecule has 10 nitrogen and oxygen atoms in total. The van der Waals surface area contributed by atoms with Crippen LogP contribution in [0.2, 0.25) is 0 Å². The van der Waals surface area contributed by atoms with Crippen molar-refractivity contribution in [3.8, 4) is 0 Å². The summed E-state index contributed by atoms with van der Waals surface area (Å²) in [6.45, 7) is 11.5. The number of imide groups is 1. The molecule has 10 heteroatoms. The molecule has 35 heavy (non-hydrogen) atoms. The van der Waals surface area contributed by atoms with E-state index in [0.717, 1.165) is 49.8 Å². The zero-order valence-electron chi connectivity index (χ0n) is 22.2. The lowest BCUT2D eigenvalue weighted by Gasteiger charge is -2.30. The summed E-state index contributed by atoms with van der Waals surface area (Å²) in [7, 11) is 0. The van der Waals surface area contributed by atoms with Crippen LogP contribution in [0.15, 0.2) is 9.98 Å². The van der Waals surface area contributed by atoms with Gasteiger partial charge in [-0.1, -0.05) is 25.7 Å². The van der Waals surface area contributed by atoms with Gasteiger partial charge in [0.1, 0.15) is 5.60 Å². The Balaban J connectivity index is 4.75. The summed E-state index contributed by atoms with van der Waals surface area (Å²) in [5.74, 6) is 0. The minimum absolute atomic E-state index is 0.236. The smallest absolute Gasteiger partial charge is 0.418 e. The maximum Gasteiger partial charge on any atom is 0.418 e. The van der Waals surface area contributed by atoms with Crippen molar-refractivity contribution in [1.82, 2.24) is 10.2 Å². The third-order valence-electron chi connectivity index (χ3n) is 5.07. The number of urea groups is 1. The van der Waals surface area contributed by atoms with Crippen molar-refractivity contribution in [2.24, 2.45) is 9.98 Å². The number of amides is 3.